The summed E-state index contributed by atoms with van der Waals surface area (Å²) in [5.41, 5.74) is 3.79. The van der Waals surface area contributed by atoms with Gasteiger partial charge in [-0.1, -0.05) is 60.7 Å². The lowest BCUT2D eigenvalue weighted by molar-refractivity contribution is -0.0287. The topological polar surface area (TPSA) is 100 Å². The first-order valence-corrected chi connectivity index (χ1v) is 15.4. The lowest BCUT2D eigenvalue weighted by atomic mass is 9.81. The first kappa shape index (κ1) is 26.9. The fourth-order valence-electron chi connectivity index (χ4n) is 7.57. The number of aromatic nitrogens is 3. The van der Waals surface area contributed by atoms with Gasteiger partial charge < -0.3 is 24.3 Å². The van der Waals surface area contributed by atoms with E-state index in [-0.39, 0.29) is 22.1 Å². The highest BCUT2D eigenvalue weighted by Crippen LogP contribution is 2.82. The van der Waals surface area contributed by atoms with E-state index >= 15 is 0 Å². The van der Waals surface area contributed by atoms with E-state index < -0.39 is 5.97 Å². The number of H-pyrrole nitrogens is 1. The molecular formula is C36H34N4O4. The van der Waals surface area contributed by atoms with Crippen LogP contribution < -0.4 is 10.5 Å². The van der Waals surface area contributed by atoms with E-state index in [4.69, 9.17) is 9.72 Å². The molecule has 8 rings (SSSR count). The average Bonchev–Trinajstić information content (AvgIpc) is 3.90. The number of benzene rings is 2. The number of carbonyl (C=O) groups is 1. The molecule has 3 aliphatic rings. The van der Waals surface area contributed by atoms with Crippen LogP contribution in [0.15, 0.2) is 96.1 Å². The summed E-state index contributed by atoms with van der Waals surface area (Å²) in [5.74, 6) is 0.267. The minimum absolute atomic E-state index is 0.0757. The van der Waals surface area contributed by atoms with Gasteiger partial charge in [-0.25, -0.2) is 9.78 Å². The number of hydrogen-bond acceptors (Lipinski definition) is 5. The number of pyridine rings is 2. The standard InChI is InChI=1S/C36H34N4O4/c41-33-27(13-7-15-40(33)36(14-8-16-44-23-36)35-18-26(35)19-35)30-17-28-29(34(42)43)20-37-32(31(28)38-30)39(21-24-9-3-1-4-10-24)22-25-11-5-2-6-12-25/h1-7,9-13,15,17,20,26,38H,8,14,16,18-19,21-23H2,(H,42,43). The van der Waals surface area contributed by atoms with Crippen LogP contribution in [0.1, 0.15) is 47.2 Å². The van der Waals surface area contributed by atoms with E-state index in [9.17, 15) is 14.7 Å². The van der Waals surface area contributed by atoms with Crippen LogP contribution in [0.3, 0.4) is 0 Å². The Bertz CT molecular complexity index is 1880. The summed E-state index contributed by atoms with van der Waals surface area (Å²) >= 11 is 0. The van der Waals surface area contributed by atoms with Gasteiger partial charge in [0.05, 0.1) is 34.5 Å². The fourth-order valence-corrected chi connectivity index (χ4v) is 7.57. The molecule has 3 aromatic heterocycles. The second kappa shape index (κ2) is 10.2. The lowest BCUT2D eigenvalue weighted by Gasteiger charge is -2.42. The van der Waals surface area contributed by atoms with Crippen molar-refractivity contribution < 1.29 is 14.6 Å². The molecule has 8 heteroatoms. The lowest BCUT2D eigenvalue weighted by Crippen LogP contribution is -2.51. The van der Waals surface area contributed by atoms with Gasteiger partial charge in [0, 0.05) is 37.5 Å². The number of hydrogen-bond donors (Lipinski definition) is 2. The Hall–Kier alpha value is -4.69. The molecule has 4 heterocycles. The molecule has 44 heavy (non-hydrogen) atoms. The molecule has 0 radical (unpaired) electrons. The minimum atomic E-state index is -1.06. The normalized spacial score (nSPS) is 23.7. The molecule has 1 saturated heterocycles. The molecule has 0 bridgehead atoms. The Labute approximate surface area is 254 Å². The molecule has 222 valence electrons. The van der Waals surface area contributed by atoms with E-state index in [1.807, 2.05) is 59.3 Å². The Balaban J connectivity index is 1.26. The molecule has 2 aromatic carbocycles. The number of aromatic carboxylic acids is 1. The van der Waals surface area contributed by atoms with E-state index in [2.05, 4.69) is 34.1 Å². The van der Waals surface area contributed by atoms with Crippen LogP contribution in [0, 0.1) is 11.3 Å². The maximum atomic E-state index is 14.3. The molecule has 5 aromatic rings. The molecule has 2 N–H and O–H groups in total. The Morgan fingerprint density at radius 1 is 1.02 bits per heavy atom. The molecule has 0 amide bonds. The number of carboxylic acid groups (broad SMARTS) is 1. The summed E-state index contributed by atoms with van der Waals surface area (Å²) in [6.45, 7) is 2.44. The van der Waals surface area contributed by atoms with Gasteiger partial charge in [-0.2, -0.15) is 0 Å². The molecule has 2 saturated carbocycles. The zero-order valence-electron chi connectivity index (χ0n) is 24.4. The number of anilines is 1. The van der Waals surface area contributed by atoms with Gasteiger partial charge in [-0.05, 0) is 66.3 Å². The van der Waals surface area contributed by atoms with Crippen LogP contribution in [-0.2, 0) is 23.4 Å². The van der Waals surface area contributed by atoms with Crippen molar-refractivity contribution in [2.75, 3.05) is 18.1 Å². The van der Waals surface area contributed by atoms with Crippen LogP contribution in [0.25, 0.3) is 22.2 Å². The molecule has 8 nitrogen and oxygen atoms in total. The zero-order chi connectivity index (χ0) is 29.9. The van der Waals surface area contributed by atoms with Crippen LogP contribution in [0.5, 0.6) is 0 Å². The molecule has 1 aliphatic heterocycles. The predicted octanol–water partition coefficient (Wildman–Crippen LogP) is 6.21. The summed E-state index contributed by atoms with van der Waals surface area (Å²) in [7, 11) is 0. The van der Waals surface area contributed by atoms with Gasteiger partial charge >= 0.3 is 5.97 Å². The van der Waals surface area contributed by atoms with Crippen LogP contribution in [-0.4, -0.2) is 38.8 Å². The Morgan fingerprint density at radius 3 is 2.30 bits per heavy atom. The van der Waals surface area contributed by atoms with Crippen molar-refractivity contribution in [2.24, 2.45) is 11.3 Å². The minimum Gasteiger partial charge on any atom is -0.478 e. The molecule has 1 unspecified atom stereocenters. The van der Waals surface area contributed by atoms with Crippen molar-refractivity contribution in [2.45, 2.75) is 44.3 Å². The summed E-state index contributed by atoms with van der Waals surface area (Å²) < 4.78 is 7.96. The summed E-state index contributed by atoms with van der Waals surface area (Å²) in [6, 6.07) is 25.9. The SMILES string of the molecule is O=C(O)c1cnc(N(Cc2ccccc2)Cc2ccccc2)c2[nH]c(-c3cccn(C4(C56CC5C6)CCCOC4)c3=O)cc12. The Morgan fingerprint density at radius 2 is 1.70 bits per heavy atom. The third-order valence-corrected chi connectivity index (χ3v) is 10.1. The quantitative estimate of drug-likeness (QED) is 0.213. The van der Waals surface area contributed by atoms with E-state index in [1.165, 1.54) is 6.20 Å². The smallest absolute Gasteiger partial charge is 0.337 e. The first-order valence-electron chi connectivity index (χ1n) is 15.4. The number of fused-ring (bicyclic) bond motifs is 2. The van der Waals surface area contributed by atoms with Gasteiger partial charge in [0.15, 0.2) is 5.82 Å². The summed E-state index contributed by atoms with van der Waals surface area (Å²) in [6.07, 6.45) is 7.54. The number of nitrogens with zero attached hydrogens (tertiary/aromatic N) is 3. The molecule has 1 atom stereocenters. The second-order valence-corrected chi connectivity index (χ2v) is 12.6. The van der Waals surface area contributed by atoms with Gasteiger partial charge in [-0.15, -0.1) is 0 Å². The maximum Gasteiger partial charge on any atom is 0.337 e. The monoisotopic (exact) mass is 586 g/mol. The number of aromatic amines is 1. The van der Waals surface area contributed by atoms with Crippen molar-refractivity contribution in [1.29, 1.82) is 0 Å². The average molecular weight is 587 g/mol. The predicted molar refractivity (Wildman–Crippen MR) is 169 cm³/mol. The molecule has 3 fully saturated rings. The third-order valence-electron chi connectivity index (χ3n) is 10.1. The van der Waals surface area contributed by atoms with Crippen molar-refractivity contribution >= 4 is 22.7 Å². The highest BCUT2D eigenvalue weighted by Gasteiger charge is 2.79. The maximum absolute atomic E-state index is 14.3. The van der Waals surface area contributed by atoms with Gasteiger partial charge in [0.2, 0.25) is 0 Å². The molecular weight excluding hydrogens is 552 g/mol. The van der Waals surface area contributed by atoms with Gasteiger partial charge in [0.1, 0.15) is 0 Å². The van der Waals surface area contributed by atoms with Crippen molar-refractivity contribution in [3.63, 3.8) is 0 Å². The van der Waals surface area contributed by atoms with Crippen molar-refractivity contribution in [3.05, 3.63) is 118 Å². The summed E-state index contributed by atoms with van der Waals surface area (Å²) in [4.78, 5) is 37.0. The first-order chi connectivity index (χ1) is 21.5. The van der Waals surface area contributed by atoms with E-state index in [0.29, 0.717) is 53.6 Å². The highest BCUT2D eigenvalue weighted by atomic mass is 16.5. The molecule has 2 aliphatic carbocycles. The second-order valence-electron chi connectivity index (χ2n) is 12.6. The van der Waals surface area contributed by atoms with E-state index in [0.717, 1.165) is 43.4 Å². The van der Waals surface area contributed by atoms with E-state index in [1.54, 1.807) is 6.07 Å². The number of nitrogens with one attached hydrogen (secondary N) is 1. The van der Waals surface area contributed by atoms with Gasteiger partial charge in [0.25, 0.3) is 5.56 Å². The fraction of sp³-hybridized carbons (Fsp3) is 0.306. The largest absolute Gasteiger partial charge is 0.478 e. The van der Waals surface area contributed by atoms with Crippen LogP contribution in [0.4, 0.5) is 5.82 Å². The van der Waals surface area contributed by atoms with Crippen molar-refractivity contribution in [3.8, 4) is 11.3 Å². The number of ether oxygens (including phenoxy) is 1. The van der Waals surface area contributed by atoms with Crippen molar-refractivity contribution in [1.82, 2.24) is 14.5 Å². The number of carboxylic acids is 1. The number of rotatable bonds is 9. The third kappa shape index (κ3) is 4.27. The highest BCUT2D eigenvalue weighted by molar-refractivity contribution is 6.07. The van der Waals surface area contributed by atoms with Crippen LogP contribution >= 0.6 is 0 Å². The molecule has 0 spiro atoms. The van der Waals surface area contributed by atoms with Gasteiger partial charge in [-0.3, -0.25) is 4.79 Å². The zero-order valence-corrected chi connectivity index (χ0v) is 24.4. The summed E-state index contributed by atoms with van der Waals surface area (Å²) in [5, 5.41) is 10.6. The van der Waals surface area contributed by atoms with Crippen LogP contribution in [0.2, 0.25) is 0 Å². The Kier molecular flexibility index (Phi) is 6.24.